The van der Waals surface area contributed by atoms with Crippen molar-refractivity contribution in [3.8, 4) is 0 Å². The minimum absolute atomic E-state index is 0.182. The molecule has 2 heterocycles. The Morgan fingerprint density at radius 1 is 0.429 bits per heavy atom. The zero-order valence-corrected chi connectivity index (χ0v) is 22.0. The number of halogens is 2. The van der Waals surface area contributed by atoms with Gasteiger partial charge in [-0.3, -0.25) is 0 Å². The van der Waals surface area contributed by atoms with Crippen molar-refractivity contribution in [1.29, 1.82) is 0 Å². The third-order valence-electron chi connectivity index (χ3n) is 7.33. The molecule has 5 aromatic rings. The molecule has 0 unspecified atom stereocenters. The summed E-state index contributed by atoms with van der Waals surface area (Å²) in [5, 5.41) is 0. The van der Waals surface area contributed by atoms with E-state index in [1.54, 1.807) is 0 Å². The van der Waals surface area contributed by atoms with Gasteiger partial charge in [0.15, 0.2) is 0 Å². The molecule has 35 heavy (non-hydrogen) atoms. The molecular formula is C30H19B2Br2N. The second kappa shape index (κ2) is 8.29. The van der Waals surface area contributed by atoms with E-state index in [1.165, 1.54) is 49.8 Å². The smallest absolute Gasteiger partial charge is 0.246 e. The number of hydrogen-bond donors (Lipinski definition) is 0. The monoisotopic (exact) mass is 573 g/mol. The first-order chi connectivity index (χ1) is 17.2. The van der Waals surface area contributed by atoms with Gasteiger partial charge in [0.05, 0.1) is 0 Å². The maximum Gasteiger partial charge on any atom is 0.246 e. The van der Waals surface area contributed by atoms with Crippen LogP contribution in [0.3, 0.4) is 0 Å². The van der Waals surface area contributed by atoms with Gasteiger partial charge < -0.3 is 4.90 Å². The Kier molecular flexibility index (Phi) is 5.04. The van der Waals surface area contributed by atoms with E-state index in [4.69, 9.17) is 0 Å². The van der Waals surface area contributed by atoms with E-state index < -0.39 is 0 Å². The molecule has 5 heteroatoms. The van der Waals surface area contributed by atoms with Crippen LogP contribution in [0.4, 0.5) is 17.1 Å². The van der Waals surface area contributed by atoms with Gasteiger partial charge in [-0.2, -0.15) is 0 Å². The van der Waals surface area contributed by atoms with Crippen molar-refractivity contribution >= 4 is 95.1 Å². The predicted octanol–water partition coefficient (Wildman–Crippen LogP) is 4.34. The number of rotatable bonds is 2. The van der Waals surface area contributed by atoms with Crippen molar-refractivity contribution in [2.75, 3.05) is 4.90 Å². The Bertz CT molecular complexity index is 1470. The van der Waals surface area contributed by atoms with E-state index >= 15 is 0 Å². The van der Waals surface area contributed by atoms with Gasteiger partial charge in [0, 0.05) is 26.0 Å². The molecular weight excluding hydrogens is 556 g/mol. The number of benzene rings is 5. The first-order valence-electron chi connectivity index (χ1n) is 11.8. The van der Waals surface area contributed by atoms with Crippen LogP contribution >= 0.6 is 31.9 Å². The lowest BCUT2D eigenvalue weighted by Crippen LogP contribution is -2.64. The highest BCUT2D eigenvalue weighted by Crippen LogP contribution is 2.37. The van der Waals surface area contributed by atoms with Gasteiger partial charge in [-0.1, -0.05) is 122 Å². The van der Waals surface area contributed by atoms with Crippen molar-refractivity contribution in [3.05, 3.63) is 124 Å². The second-order valence-corrected chi connectivity index (χ2v) is 11.0. The molecule has 0 spiro atoms. The second-order valence-electron chi connectivity index (χ2n) is 9.21. The van der Waals surface area contributed by atoms with E-state index in [-0.39, 0.29) is 13.4 Å². The van der Waals surface area contributed by atoms with Gasteiger partial charge in [-0.05, 0) is 58.2 Å². The number of anilines is 3. The lowest BCUT2D eigenvalue weighted by atomic mass is 9.30. The molecule has 0 amide bonds. The van der Waals surface area contributed by atoms with Crippen molar-refractivity contribution in [1.82, 2.24) is 0 Å². The summed E-state index contributed by atoms with van der Waals surface area (Å²) in [5.41, 5.74) is 11.9. The summed E-state index contributed by atoms with van der Waals surface area (Å²) < 4.78 is 2.21. The lowest BCUT2D eigenvalue weighted by Gasteiger charge is -2.43. The fourth-order valence-corrected chi connectivity index (χ4v) is 6.44. The minimum Gasteiger partial charge on any atom is -0.313 e. The zero-order valence-electron chi connectivity index (χ0n) is 18.8. The normalized spacial score (nSPS) is 13.3. The summed E-state index contributed by atoms with van der Waals surface area (Å²) in [6, 6.07) is 42.3. The zero-order chi connectivity index (χ0) is 23.5. The highest BCUT2D eigenvalue weighted by molar-refractivity contribution is 9.10. The molecule has 1 nitrogen and oxygen atoms in total. The number of nitrogens with zero attached hydrogens (tertiary/aromatic N) is 1. The molecule has 0 N–H and O–H groups in total. The first kappa shape index (κ1) is 21.3. The molecule has 164 valence electrons. The number of para-hydroxylation sites is 3. The molecule has 0 aliphatic carbocycles. The highest BCUT2D eigenvalue weighted by Gasteiger charge is 2.42. The Morgan fingerprint density at radius 2 is 0.829 bits per heavy atom. The predicted molar refractivity (Wildman–Crippen MR) is 159 cm³/mol. The molecule has 0 fully saturated rings. The molecule has 0 atom stereocenters. The van der Waals surface area contributed by atoms with E-state index in [0.29, 0.717) is 0 Å². The van der Waals surface area contributed by atoms with Crippen molar-refractivity contribution in [2.45, 2.75) is 0 Å². The molecule has 0 saturated heterocycles. The van der Waals surface area contributed by atoms with E-state index in [0.717, 1.165) is 8.95 Å². The third-order valence-corrected chi connectivity index (χ3v) is 8.39. The summed E-state index contributed by atoms with van der Waals surface area (Å²) in [6.45, 7) is 0.364. The van der Waals surface area contributed by atoms with Crippen LogP contribution in [-0.4, -0.2) is 13.4 Å². The van der Waals surface area contributed by atoms with Crippen molar-refractivity contribution < 1.29 is 0 Å². The molecule has 2 aliphatic heterocycles. The summed E-state index contributed by atoms with van der Waals surface area (Å²) in [4.78, 5) is 2.50. The Morgan fingerprint density at radius 3 is 1.29 bits per heavy atom. The highest BCUT2D eigenvalue weighted by atomic mass is 79.9. The van der Waals surface area contributed by atoms with E-state index in [9.17, 15) is 0 Å². The van der Waals surface area contributed by atoms with E-state index in [2.05, 4.69) is 152 Å². The SMILES string of the molecule is Brc1ccc(B2c3ccccc3N3c4ccccc4B(c4ccc(Br)cc4)c4cccc2c43)cc1. The van der Waals surface area contributed by atoms with Crippen LogP contribution in [-0.2, 0) is 0 Å². The van der Waals surface area contributed by atoms with Gasteiger partial charge in [0.2, 0.25) is 13.4 Å². The van der Waals surface area contributed by atoms with Gasteiger partial charge in [-0.15, -0.1) is 0 Å². The first-order valence-corrected chi connectivity index (χ1v) is 13.4. The van der Waals surface area contributed by atoms with Gasteiger partial charge >= 0.3 is 0 Å². The van der Waals surface area contributed by atoms with Crippen molar-refractivity contribution in [2.24, 2.45) is 0 Å². The average Bonchev–Trinajstić information content (AvgIpc) is 2.90. The van der Waals surface area contributed by atoms with Crippen LogP contribution in [0.5, 0.6) is 0 Å². The summed E-state index contributed by atoms with van der Waals surface area (Å²) in [5.74, 6) is 0. The maximum absolute atomic E-state index is 3.62. The lowest BCUT2D eigenvalue weighted by molar-refractivity contribution is 1.30. The summed E-state index contributed by atoms with van der Waals surface area (Å²) in [7, 11) is 0. The fraction of sp³-hybridized carbons (Fsp3) is 0. The molecule has 7 rings (SSSR count). The van der Waals surface area contributed by atoms with Gasteiger partial charge in [-0.25, -0.2) is 0 Å². The maximum atomic E-state index is 3.62. The van der Waals surface area contributed by atoms with Crippen molar-refractivity contribution in [3.63, 3.8) is 0 Å². The summed E-state index contributed by atoms with van der Waals surface area (Å²) in [6.07, 6.45) is 0. The van der Waals surface area contributed by atoms with Crippen LogP contribution < -0.4 is 37.7 Å². The minimum atomic E-state index is 0.182. The molecule has 5 aromatic carbocycles. The largest absolute Gasteiger partial charge is 0.313 e. The molecule has 0 aromatic heterocycles. The van der Waals surface area contributed by atoms with Gasteiger partial charge in [0.1, 0.15) is 0 Å². The third kappa shape index (κ3) is 3.29. The topological polar surface area (TPSA) is 3.24 Å². The van der Waals surface area contributed by atoms with Crippen LogP contribution in [0.25, 0.3) is 0 Å². The number of fused-ring (bicyclic) bond motifs is 4. The standard InChI is InChI=1S/C30H19B2Br2N/c33-22-16-12-20(13-17-22)31-24-6-1-3-10-28(24)35-29-11-4-2-7-25(29)32(21-14-18-23(34)19-15-21)27-9-5-8-26(31)30(27)35/h1-19H. The molecule has 0 saturated carbocycles. The summed E-state index contributed by atoms with van der Waals surface area (Å²) >= 11 is 7.24. The van der Waals surface area contributed by atoms with Gasteiger partial charge in [0.25, 0.3) is 0 Å². The molecule has 0 radical (unpaired) electrons. The molecule has 0 bridgehead atoms. The average molecular weight is 575 g/mol. The number of hydrogen-bond acceptors (Lipinski definition) is 1. The fourth-order valence-electron chi connectivity index (χ4n) is 5.91. The Balaban J connectivity index is 1.55. The Labute approximate surface area is 223 Å². The van der Waals surface area contributed by atoms with E-state index in [1.807, 2.05) is 0 Å². The quantitative estimate of drug-likeness (QED) is 0.278. The Hall–Kier alpha value is -3.01. The van der Waals surface area contributed by atoms with Crippen LogP contribution in [0.2, 0.25) is 0 Å². The van der Waals surface area contributed by atoms with Crippen LogP contribution in [0.1, 0.15) is 0 Å². The van der Waals surface area contributed by atoms with Crippen LogP contribution in [0.15, 0.2) is 124 Å². The van der Waals surface area contributed by atoms with Crippen LogP contribution in [0, 0.1) is 0 Å². The molecule has 2 aliphatic rings.